The Kier molecular flexibility index (Phi) is 7.96. The highest BCUT2D eigenvalue weighted by Crippen LogP contribution is 2.57. The molecule has 10 nitrogen and oxygen atoms in total. The van der Waals surface area contributed by atoms with Crippen LogP contribution < -0.4 is 0 Å². The Morgan fingerprint density at radius 3 is 2.39 bits per heavy atom. The molecule has 0 radical (unpaired) electrons. The van der Waals surface area contributed by atoms with Crippen molar-refractivity contribution >= 4 is 17.7 Å². The van der Waals surface area contributed by atoms with Gasteiger partial charge in [0.15, 0.2) is 0 Å². The second-order valence-electron chi connectivity index (χ2n) is 11.4. The molecule has 3 saturated heterocycles. The van der Waals surface area contributed by atoms with Gasteiger partial charge in [-0.1, -0.05) is 37.1 Å². The van der Waals surface area contributed by atoms with Gasteiger partial charge in [-0.25, -0.2) is 0 Å². The van der Waals surface area contributed by atoms with Gasteiger partial charge in [-0.3, -0.25) is 19.3 Å². The maximum absolute atomic E-state index is 14.3. The van der Waals surface area contributed by atoms with E-state index in [-0.39, 0.29) is 24.3 Å². The quantitative estimate of drug-likeness (QED) is 0.337. The molecule has 210 valence electrons. The second-order valence-corrected chi connectivity index (χ2v) is 11.4. The number of carbonyl (C=O) groups is 3. The summed E-state index contributed by atoms with van der Waals surface area (Å²) in [5, 5.41) is 9.13. The SMILES string of the molecule is CN1CC=C[C@@]2(C)O[C@]34C=CCN(CCN5CCOCC5)C(=O)C3N(CCCCCCO)C(=O)[C@@H]4[C@H]2C1=O. The van der Waals surface area contributed by atoms with Crippen LogP contribution in [0.3, 0.4) is 0 Å². The number of carbonyl (C=O) groups excluding carboxylic acids is 3. The molecule has 0 bridgehead atoms. The predicted octanol–water partition coefficient (Wildman–Crippen LogP) is 0.269. The minimum Gasteiger partial charge on any atom is -0.396 e. The Hall–Kier alpha value is -2.27. The van der Waals surface area contributed by atoms with Crippen LogP contribution in [0.25, 0.3) is 0 Å². The van der Waals surface area contributed by atoms with E-state index in [4.69, 9.17) is 14.6 Å². The van der Waals surface area contributed by atoms with Gasteiger partial charge in [0.25, 0.3) is 0 Å². The zero-order valence-corrected chi connectivity index (χ0v) is 22.7. The molecule has 5 aliphatic rings. The van der Waals surface area contributed by atoms with Crippen molar-refractivity contribution in [3.63, 3.8) is 0 Å². The molecule has 1 N–H and O–H groups in total. The van der Waals surface area contributed by atoms with E-state index in [1.54, 1.807) is 16.8 Å². The van der Waals surface area contributed by atoms with Gasteiger partial charge in [-0.2, -0.15) is 0 Å². The summed E-state index contributed by atoms with van der Waals surface area (Å²) >= 11 is 0. The number of likely N-dealkylation sites (tertiary alicyclic amines) is 1. The highest BCUT2D eigenvalue weighted by Gasteiger charge is 2.74. The summed E-state index contributed by atoms with van der Waals surface area (Å²) in [6, 6.07) is -0.809. The summed E-state index contributed by atoms with van der Waals surface area (Å²) in [7, 11) is 1.75. The zero-order chi connectivity index (χ0) is 26.9. The average Bonchev–Trinajstić information content (AvgIpc) is 3.18. The number of likely N-dealkylation sites (N-methyl/N-ethyl adjacent to an activating group) is 1. The van der Waals surface area contributed by atoms with Crippen LogP contribution in [-0.4, -0.2) is 132 Å². The summed E-state index contributed by atoms with van der Waals surface area (Å²) in [5.74, 6) is -1.86. The van der Waals surface area contributed by atoms with Crippen LogP contribution in [0.15, 0.2) is 24.3 Å². The van der Waals surface area contributed by atoms with Crippen LogP contribution in [0.4, 0.5) is 0 Å². The lowest BCUT2D eigenvalue weighted by atomic mass is 9.74. The third-order valence-electron chi connectivity index (χ3n) is 8.94. The van der Waals surface area contributed by atoms with Gasteiger partial charge in [-0.05, 0) is 19.8 Å². The molecule has 3 fully saturated rings. The standard InChI is InChI=1S/C28H42N4O6/c1-27-9-7-11-29(2)24(34)21(27)22-25(35)32(13-5-3-4-6-18-33)23-26(36)31(12-8-10-28(22,23)38-27)15-14-30-16-19-37-20-17-30/h7-10,21-23,33H,3-6,11-20H2,1-2H3/t21-,22-,23?,27+,28-/m0/s1. The topological polar surface area (TPSA) is 103 Å². The van der Waals surface area contributed by atoms with Gasteiger partial charge in [0.2, 0.25) is 17.7 Å². The Bertz CT molecular complexity index is 980. The number of hydrogen-bond donors (Lipinski definition) is 1. The molecule has 5 heterocycles. The number of aliphatic hydroxyl groups is 1. The van der Waals surface area contributed by atoms with E-state index >= 15 is 0 Å². The van der Waals surface area contributed by atoms with E-state index in [2.05, 4.69) is 4.90 Å². The molecular weight excluding hydrogens is 488 g/mol. The minimum atomic E-state index is -1.19. The highest BCUT2D eigenvalue weighted by molar-refractivity contribution is 6.00. The number of ether oxygens (including phenoxy) is 2. The molecule has 5 aliphatic heterocycles. The Morgan fingerprint density at radius 1 is 0.895 bits per heavy atom. The van der Waals surface area contributed by atoms with Crippen LogP contribution in [-0.2, 0) is 23.9 Å². The van der Waals surface area contributed by atoms with Crippen LogP contribution in [0.1, 0.15) is 32.6 Å². The monoisotopic (exact) mass is 530 g/mol. The van der Waals surface area contributed by atoms with Crippen molar-refractivity contribution in [3.05, 3.63) is 24.3 Å². The van der Waals surface area contributed by atoms with E-state index in [9.17, 15) is 14.4 Å². The molecule has 1 spiro atoms. The first kappa shape index (κ1) is 27.3. The molecule has 10 heteroatoms. The first-order chi connectivity index (χ1) is 18.3. The summed E-state index contributed by atoms with van der Waals surface area (Å²) in [4.78, 5) is 49.6. The van der Waals surface area contributed by atoms with Crippen molar-refractivity contribution in [2.24, 2.45) is 11.8 Å². The molecular formula is C28H42N4O6. The van der Waals surface area contributed by atoms with Crippen LogP contribution in [0.2, 0.25) is 0 Å². The number of morpholine rings is 1. The highest BCUT2D eigenvalue weighted by atomic mass is 16.5. The Balaban J connectivity index is 1.45. The molecule has 1 unspecified atom stereocenters. The van der Waals surface area contributed by atoms with Crippen molar-refractivity contribution in [2.75, 3.05) is 72.7 Å². The fourth-order valence-corrected chi connectivity index (χ4v) is 6.97. The number of unbranched alkanes of at least 4 members (excludes halogenated alkanes) is 3. The fourth-order valence-electron chi connectivity index (χ4n) is 6.97. The second kappa shape index (κ2) is 11.1. The third-order valence-corrected chi connectivity index (χ3v) is 8.94. The van der Waals surface area contributed by atoms with Crippen LogP contribution in [0, 0.1) is 11.8 Å². The molecule has 0 aliphatic carbocycles. The Labute approximate surface area is 225 Å². The number of aliphatic hydroxyl groups excluding tert-OH is 1. The molecule has 5 rings (SSSR count). The minimum absolute atomic E-state index is 0.112. The van der Waals surface area contributed by atoms with Gasteiger partial charge in [0, 0.05) is 59.5 Å². The number of fused-ring (bicyclic) bond motifs is 2. The molecule has 0 aromatic rings. The number of nitrogens with zero attached hydrogens (tertiary/aromatic N) is 4. The normalized spacial score (nSPS) is 35.4. The summed E-state index contributed by atoms with van der Waals surface area (Å²) in [5.41, 5.74) is -2.16. The Morgan fingerprint density at radius 2 is 1.63 bits per heavy atom. The van der Waals surface area contributed by atoms with E-state index in [0.717, 1.165) is 45.3 Å². The first-order valence-corrected chi connectivity index (χ1v) is 14.1. The molecule has 0 aromatic heterocycles. The number of rotatable bonds is 9. The first-order valence-electron chi connectivity index (χ1n) is 14.1. The smallest absolute Gasteiger partial charge is 0.249 e. The van der Waals surface area contributed by atoms with Crippen LogP contribution >= 0.6 is 0 Å². The number of hydrogen-bond acceptors (Lipinski definition) is 7. The summed E-state index contributed by atoms with van der Waals surface area (Å²) in [6.07, 6.45) is 10.9. The lowest BCUT2D eigenvalue weighted by molar-refractivity contribution is -0.152. The van der Waals surface area contributed by atoms with Crippen molar-refractivity contribution in [3.8, 4) is 0 Å². The van der Waals surface area contributed by atoms with Gasteiger partial charge >= 0.3 is 0 Å². The summed E-state index contributed by atoms with van der Waals surface area (Å²) in [6.45, 7) is 7.75. The van der Waals surface area contributed by atoms with E-state index in [1.807, 2.05) is 36.1 Å². The van der Waals surface area contributed by atoms with Crippen molar-refractivity contribution in [1.29, 1.82) is 0 Å². The predicted molar refractivity (Wildman–Crippen MR) is 140 cm³/mol. The molecule has 5 atom stereocenters. The molecule has 0 aromatic carbocycles. The van der Waals surface area contributed by atoms with Gasteiger partial charge in [-0.15, -0.1) is 0 Å². The fraction of sp³-hybridized carbons (Fsp3) is 0.750. The van der Waals surface area contributed by atoms with E-state index in [0.29, 0.717) is 39.4 Å². The van der Waals surface area contributed by atoms with Crippen molar-refractivity contribution in [2.45, 2.75) is 49.9 Å². The van der Waals surface area contributed by atoms with Gasteiger partial charge in [0.05, 0.1) is 30.7 Å². The average molecular weight is 531 g/mol. The lowest BCUT2D eigenvalue weighted by Gasteiger charge is -2.38. The maximum Gasteiger partial charge on any atom is 0.249 e. The molecule has 0 saturated carbocycles. The third kappa shape index (κ3) is 4.69. The van der Waals surface area contributed by atoms with E-state index in [1.165, 1.54) is 0 Å². The van der Waals surface area contributed by atoms with Gasteiger partial charge < -0.3 is 29.3 Å². The molecule has 38 heavy (non-hydrogen) atoms. The summed E-state index contributed by atoms with van der Waals surface area (Å²) < 4.78 is 12.3. The van der Waals surface area contributed by atoms with Crippen LogP contribution in [0.5, 0.6) is 0 Å². The van der Waals surface area contributed by atoms with Gasteiger partial charge in [0.1, 0.15) is 11.6 Å². The van der Waals surface area contributed by atoms with E-state index < -0.39 is 29.1 Å². The van der Waals surface area contributed by atoms with Crippen molar-refractivity contribution in [1.82, 2.24) is 19.6 Å². The largest absolute Gasteiger partial charge is 0.396 e. The lowest BCUT2D eigenvalue weighted by Crippen LogP contribution is -2.56. The molecule has 3 amide bonds. The van der Waals surface area contributed by atoms with Crippen molar-refractivity contribution < 1.29 is 29.0 Å². The maximum atomic E-state index is 14.3. The zero-order valence-electron chi connectivity index (χ0n) is 22.7. The number of amides is 3.